The summed E-state index contributed by atoms with van der Waals surface area (Å²) in [6.07, 6.45) is 0.722. The van der Waals surface area contributed by atoms with E-state index < -0.39 is 0 Å². The monoisotopic (exact) mass is 295 g/mol. The normalized spacial score (nSPS) is 10.8. The van der Waals surface area contributed by atoms with Gasteiger partial charge in [0.2, 0.25) is 0 Å². The molecule has 0 unspecified atom stereocenters. The number of halogens is 1. The SMILES string of the molecule is CCn1c(CO)nnc1Cc1cccc(Br)c1. The zero-order valence-corrected chi connectivity index (χ0v) is 11.2. The van der Waals surface area contributed by atoms with Crippen LogP contribution in [0, 0.1) is 0 Å². The minimum atomic E-state index is -0.0701. The third-order valence-corrected chi connectivity index (χ3v) is 3.11. The number of hydrogen-bond acceptors (Lipinski definition) is 3. The number of benzene rings is 1. The van der Waals surface area contributed by atoms with Gasteiger partial charge in [-0.15, -0.1) is 10.2 Å². The van der Waals surface area contributed by atoms with Gasteiger partial charge in [-0.25, -0.2) is 0 Å². The fourth-order valence-corrected chi connectivity index (χ4v) is 2.26. The molecule has 2 aromatic rings. The molecule has 0 fully saturated rings. The van der Waals surface area contributed by atoms with Crippen molar-refractivity contribution in [1.82, 2.24) is 14.8 Å². The lowest BCUT2D eigenvalue weighted by Gasteiger charge is -2.06. The summed E-state index contributed by atoms with van der Waals surface area (Å²) in [7, 11) is 0. The molecule has 1 aromatic carbocycles. The van der Waals surface area contributed by atoms with Crippen molar-refractivity contribution in [2.75, 3.05) is 0 Å². The molecule has 1 aromatic heterocycles. The third kappa shape index (κ3) is 2.73. The number of aliphatic hydroxyl groups is 1. The lowest BCUT2D eigenvalue weighted by atomic mass is 10.1. The van der Waals surface area contributed by atoms with Crippen LogP contribution in [0.25, 0.3) is 0 Å². The predicted molar refractivity (Wildman–Crippen MR) is 68.6 cm³/mol. The average Bonchev–Trinajstić information content (AvgIpc) is 2.71. The molecule has 0 aliphatic carbocycles. The molecule has 0 radical (unpaired) electrons. The fourth-order valence-electron chi connectivity index (χ4n) is 1.81. The number of aliphatic hydroxyl groups excluding tert-OH is 1. The molecule has 90 valence electrons. The van der Waals surface area contributed by atoms with E-state index in [2.05, 4.69) is 38.3 Å². The molecule has 0 spiro atoms. The van der Waals surface area contributed by atoms with Gasteiger partial charge >= 0.3 is 0 Å². The maximum Gasteiger partial charge on any atom is 0.158 e. The van der Waals surface area contributed by atoms with E-state index in [1.807, 2.05) is 23.6 Å². The third-order valence-electron chi connectivity index (χ3n) is 2.61. The Kier molecular flexibility index (Phi) is 3.91. The van der Waals surface area contributed by atoms with E-state index in [4.69, 9.17) is 5.11 Å². The van der Waals surface area contributed by atoms with Gasteiger partial charge in [0, 0.05) is 17.4 Å². The van der Waals surface area contributed by atoms with Crippen LogP contribution in [-0.2, 0) is 19.6 Å². The molecule has 0 saturated carbocycles. The molecule has 0 amide bonds. The Balaban J connectivity index is 2.27. The first kappa shape index (κ1) is 12.3. The maximum atomic E-state index is 9.14. The number of aromatic nitrogens is 3. The molecular formula is C12H14BrN3O. The van der Waals surface area contributed by atoms with E-state index in [0.29, 0.717) is 5.82 Å². The summed E-state index contributed by atoms with van der Waals surface area (Å²) in [5.41, 5.74) is 1.17. The average molecular weight is 296 g/mol. The Hall–Kier alpha value is -1.20. The van der Waals surface area contributed by atoms with Gasteiger partial charge in [-0.2, -0.15) is 0 Å². The van der Waals surface area contributed by atoms with E-state index >= 15 is 0 Å². The van der Waals surface area contributed by atoms with Gasteiger partial charge < -0.3 is 9.67 Å². The molecule has 1 heterocycles. The van der Waals surface area contributed by atoms with E-state index in [1.54, 1.807) is 0 Å². The minimum absolute atomic E-state index is 0.0701. The second kappa shape index (κ2) is 5.42. The molecule has 5 heteroatoms. The minimum Gasteiger partial charge on any atom is -0.388 e. The Morgan fingerprint density at radius 1 is 1.29 bits per heavy atom. The van der Waals surface area contributed by atoms with Crippen LogP contribution in [0.5, 0.6) is 0 Å². The van der Waals surface area contributed by atoms with Crippen molar-refractivity contribution in [3.8, 4) is 0 Å². The van der Waals surface area contributed by atoms with Crippen LogP contribution in [0.3, 0.4) is 0 Å². The van der Waals surface area contributed by atoms with E-state index in [1.165, 1.54) is 5.56 Å². The highest BCUT2D eigenvalue weighted by Gasteiger charge is 2.10. The topological polar surface area (TPSA) is 50.9 Å². The summed E-state index contributed by atoms with van der Waals surface area (Å²) in [6.45, 7) is 2.72. The van der Waals surface area contributed by atoms with Crippen LogP contribution < -0.4 is 0 Å². The summed E-state index contributed by atoms with van der Waals surface area (Å²) < 4.78 is 3.00. The Morgan fingerprint density at radius 2 is 2.06 bits per heavy atom. The zero-order valence-electron chi connectivity index (χ0n) is 9.60. The molecule has 1 N–H and O–H groups in total. The molecule has 0 aliphatic heterocycles. The van der Waals surface area contributed by atoms with Gasteiger partial charge in [-0.3, -0.25) is 0 Å². The van der Waals surface area contributed by atoms with Crippen molar-refractivity contribution >= 4 is 15.9 Å². The van der Waals surface area contributed by atoms with Crippen molar-refractivity contribution in [3.05, 3.63) is 46.0 Å². The van der Waals surface area contributed by atoms with Crippen molar-refractivity contribution < 1.29 is 5.11 Å². The lowest BCUT2D eigenvalue weighted by Crippen LogP contribution is -2.06. The van der Waals surface area contributed by atoms with Crippen molar-refractivity contribution in [1.29, 1.82) is 0 Å². The summed E-state index contributed by atoms with van der Waals surface area (Å²) in [6, 6.07) is 8.11. The predicted octanol–water partition coefficient (Wildman–Crippen LogP) is 2.14. The van der Waals surface area contributed by atoms with Crippen LogP contribution >= 0.6 is 15.9 Å². The summed E-state index contributed by atoms with van der Waals surface area (Å²) >= 11 is 3.45. The molecule has 2 rings (SSSR count). The first-order valence-corrected chi connectivity index (χ1v) is 6.30. The Morgan fingerprint density at radius 3 is 2.71 bits per heavy atom. The second-order valence-corrected chi connectivity index (χ2v) is 4.66. The van der Waals surface area contributed by atoms with Crippen LogP contribution in [0.4, 0.5) is 0 Å². The molecule has 0 saturated heterocycles. The summed E-state index contributed by atoms with van der Waals surface area (Å²) in [5, 5.41) is 17.2. The van der Waals surface area contributed by atoms with E-state index in [-0.39, 0.29) is 6.61 Å². The first-order valence-electron chi connectivity index (χ1n) is 5.50. The highest BCUT2D eigenvalue weighted by molar-refractivity contribution is 9.10. The van der Waals surface area contributed by atoms with Gasteiger partial charge in [0.25, 0.3) is 0 Å². The quantitative estimate of drug-likeness (QED) is 0.940. The molecule has 17 heavy (non-hydrogen) atoms. The number of hydrogen-bond donors (Lipinski definition) is 1. The largest absolute Gasteiger partial charge is 0.388 e. The van der Waals surface area contributed by atoms with Gasteiger partial charge in [-0.1, -0.05) is 28.1 Å². The molecule has 0 atom stereocenters. The maximum absolute atomic E-state index is 9.14. The molecular weight excluding hydrogens is 282 g/mol. The smallest absolute Gasteiger partial charge is 0.158 e. The highest BCUT2D eigenvalue weighted by Crippen LogP contribution is 2.15. The van der Waals surface area contributed by atoms with Gasteiger partial charge in [0.05, 0.1) is 0 Å². The first-order chi connectivity index (χ1) is 8.24. The van der Waals surface area contributed by atoms with Crippen LogP contribution in [0.1, 0.15) is 24.1 Å². The lowest BCUT2D eigenvalue weighted by molar-refractivity contribution is 0.264. The Bertz CT molecular complexity index is 510. The van der Waals surface area contributed by atoms with Crippen LogP contribution in [0.2, 0.25) is 0 Å². The molecule has 0 aliphatic rings. The van der Waals surface area contributed by atoms with Crippen molar-refractivity contribution in [3.63, 3.8) is 0 Å². The molecule has 4 nitrogen and oxygen atoms in total. The van der Waals surface area contributed by atoms with Crippen molar-refractivity contribution in [2.24, 2.45) is 0 Å². The van der Waals surface area contributed by atoms with E-state index in [0.717, 1.165) is 23.3 Å². The van der Waals surface area contributed by atoms with E-state index in [9.17, 15) is 0 Å². The number of nitrogens with zero attached hydrogens (tertiary/aromatic N) is 3. The number of rotatable bonds is 4. The summed E-state index contributed by atoms with van der Waals surface area (Å²) in [4.78, 5) is 0. The Labute approximate surface area is 108 Å². The van der Waals surface area contributed by atoms with Gasteiger partial charge in [0.15, 0.2) is 5.82 Å². The van der Waals surface area contributed by atoms with Crippen LogP contribution in [-0.4, -0.2) is 19.9 Å². The summed E-state index contributed by atoms with van der Waals surface area (Å²) in [5.74, 6) is 1.51. The highest BCUT2D eigenvalue weighted by atomic mass is 79.9. The van der Waals surface area contributed by atoms with Gasteiger partial charge in [-0.05, 0) is 24.6 Å². The van der Waals surface area contributed by atoms with Crippen molar-refractivity contribution in [2.45, 2.75) is 26.5 Å². The standard InChI is InChI=1S/C12H14BrN3O/c1-2-16-11(14-15-12(16)8-17)7-9-4-3-5-10(13)6-9/h3-6,17H,2,7-8H2,1H3. The van der Waals surface area contributed by atoms with Gasteiger partial charge in [0.1, 0.15) is 12.4 Å². The zero-order chi connectivity index (χ0) is 12.3. The van der Waals surface area contributed by atoms with Crippen LogP contribution in [0.15, 0.2) is 28.7 Å². The fraction of sp³-hybridized carbons (Fsp3) is 0.333. The second-order valence-electron chi connectivity index (χ2n) is 3.74. The molecule has 0 bridgehead atoms.